The molecule has 0 unspecified atom stereocenters. The van der Waals surface area contributed by atoms with Crippen LogP contribution in [0.3, 0.4) is 0 Å². The van der Waals surface area contributed by atoms with Crippen LogP contribution in [0.15, 0.2) is 42.6 Å². The first kappa shape index (κ1) is 12.9. The first-order chi connectivity index (χ1) is 10.6. The Kier molecular flexibility index (Phi) is 2.69. The minimum atomic E-state index is 0.279. The number of nitrogens with zero attached hydrogens (tertiary/aromatic N) is 3. The first-order valence-corrected chi connectivity index (χ1v) is 7.35. The van der Waals surface area contributed by atoms with Gasteiger partial charge in [0.05, 0.1) is 17.2 Å². The first-order valence-electron chi connectivity index (χ1n) is 7.35. The number of nitrogens with two attached hydrogens (primary N) is 1. The molecular formula is C17H17N5. The van der Waals surface area contributed by atoms with Crippen molar-refractivity contribution >= 4 is 27.6 Å². The Hall–Kier alpha value is -2.82. The maximum Gasteiger partial charge on any atom is 0.153 e. The molecule has 2 heterocycles. The van der Waals surface area contributed by atoms with Crippen molar-refractivity contribution in [2.75, 3.05) is 5.73 Å². The number of nitrogen functional groups attached to an aromatic ring is 1. The molecule has 3 N–H and O–H groups in total. The van der Waals surface area contributed by atoms with E-state index in [2.05, 4.69) is 53.4 Å². The van der Waals surface area contributed by atoms with Crippen LogP contribution < -0.4 is 5.73 Å². The SMILES string of the molecule is CC(C)n1nc(N)c2cc(-c3cccc4cn[nH]c34)ccc21. The van der Waals surface area contributed by atoms with Crippen molar-refractivity contribution < 1.29 is 0 Å². The number of fused-ring (bicyclic) bond motifs is 2. The molecular weight excluding hydrogens is 274 g/mol. The lowest BCUT2D eigenvalue weighted by Gasteiger charge is -2.08. The van der Waals surface area contributed by atoms with E-state index in [1.54, 1.807) is 0 Å². The maximum absolute atomic E-state index is 6.10. The average molecular weight is 291 g/mol. The molecule has 0 saturated carbocycles. The molecule has 110 valence electrons. The molecule has 2 aromatic carbocycles. The minimum Gasteiger partial charge on any atom is -0.382 e. The van der Waals surface area contributed by atoms with Gasteiger partial charge in [-0.1, -0.05) is 24.3 Å². The van der Waals surface area contributed by atoms with Crippen LogP contribution in [-0.4, -0.2) is 20.0 Å². The average Bonchev–Trinajstić information content (AvgIpc) is 3.11. The van der Waals surface area contributed by atoms with Crippen molar-refractivity contribution in [2.24, 2.45) is 0 Å². The van der Waals surface area contributed by atoms with E-state index < -0.39 is 0 Å². The third-order valence-corrected chi connectivity index (χ3v) is 4.01. The van der Waals surface area contributed by atoms with Gasteiger partial charge in [0.1, 0.15) is 0 Å². The van der Waals surface area contributed by atoms with Crippen LogP contribution in [-0.2, 0) is 0 Å². The lowest BCUT2D eigenvalue weighted by Crippen LogP contribution is -2.02. The highest BCUT2D eigenvalue weighted by Crippen LogP contribution is 2.32. The van der Waals surface area contributed by atoms with Gasteiger partial charge in [-0.2, -0.15) is 10.2 Å². The van der Waals surface area contributed by atoms with Gasteiger partial charge in [-0.15, -0.1) is 0 Å². The molecule has 0 aliphatic heterocycles. The largest absolute Gasteiger partial charge is 0.382 e. The number of H-pyrrole nitrogens is 1. The number of para-hydroxylation sites is 1. The van der Waals surface area contributed by atoms with Crippen LogP contribution in [0, 0.1) is 0 Å². The fraction of sp³-hybridized carbons (Fsp3) is 0.176. The van der Waals surface area contributed by atoms with Gasteiger partial charge in [0, 0.05) is 22.4 Å². The van der Waals surface area contributed by atoms with Crippen LogP contribution in [0.1, 0.15) is 19.9 Å². The van der Waals surface area contributed by atoms with E-state index in [0.29, 0.717) is 5.82 Å². The molecule has 5 nitrogen and oxygen atoms in total. The summed E-state index contributed by atoms with van der Waals surface area (Å²) in [5.41, 5.74) is 10.4. The minimum absolute atomic E-state index is 0.279. The zero-order valence-electron chi connectivity index (χ0n) is 12.5. The molecule has 4 aromatic rings. The van der Waals surface area contributed by atoms with Gasteiger partial charge >= 0.3 is 0 Å². The number of aromatic amines is 1. The van der Waals surface area contributed by atoms with Crippen molar-refractivity contribution in [2.45, 2.75) is 19.9 Å². The highest BCUT2D eigenvalue weighted by Gasteiger charge is 2.13. The predicted octanol–water partition coefficient (Wildman–Crippen LogP) is 3.74. The fourth-order valence-electron chi connectivity index (χ4n) is 2.94. The Balaban J connectivity index is 1.97. The normalized spacial score (nSPS) is 11.8. The molecule has 22 heavy (non-hydrogen) atoms. The molecule has 0 spiro atoms. The van der Waals surface area contributed by atoms with E-state index in [0.717, 1.165) is 32.9 Å². The van der Waals surface area contributed by atoms with E-state index in [-0.39, 0.29) is 6.04 Å². The van der Waals surface area contributed by atoms with E-state index in [1.165, 1.54) is 0 Å². The number of hydrogen-bond donors (Lipinski definition) is 2. The second-order valence-electron chi connectivity index (χ2n) is 5.80. The van der Waals surface area contributed by atoms with Gasteiger partial charge in [-0.05, 0) is 31.5 Å². The van der Waals surface area contributed by atoms with Crippen LogP contribution in [0.4, 0.5) is 5.82 Å². The number of aromatic nitrogens is 4. The highest BCUT2D eigenvalue weighted by atomic mass is 15.3. The zero-order valence-corrected chi connectivity index (χ0v) is 12.5. The van der Waals surface area contributed by atoms with Gasteiger partial charge < -0.3 is 5.73 Å². The number of hydrogen-bond acceptors (Lipinski definition) is 3. The Morgan fingerprint density at radius 2 is 2.05 bits per heavy atom. The summed E-state index contributed by atoms with van der Waals surface area (Å²) in [6, 6.07) is 12.8. The second-order valence-corrected chi connectivity index (χ2v) is 5.80. The lowest BCUT2D eigenvalue weighted by molar-refractivity contribution is 0.553. The van der Waals surface area contributed by atoms with Crippen LogP contribution >= 0.6 is 0 Å². The molecule has 0 bridgehead atoms. The third-order valence-electron chi connectivity index (χ3n) is 4.01. The van der Waals surface area contributed by atoms with Gasteiger partial charge in [0.2, 0.25) is 0 Å². The Morgan fingerprint density at radius 1 is 1.18 bits per heavy atom. The summed E-state index contributed by atoms with van der Waals surface area (Å²) in [6.45, 7) is 4.20. The van der Waals surface area contributed by atoms with Crippen molar-refractivity contribution in [3.63, 3.8) is 0 Å². The van der Waals surface area contributed by atoms with E-state index in [9.17, 15) is 0 Å². The van der Waals surface area contributed by atoms with Gasteiger partial charge in [0.25, 0.3) is 0 Å². The molecule has 0 atom stereocenters. The van der Waals surface area contributed by atoms with Gasteiger partial charge in [-0.3, -0.25) is 9.78 Å². The fourth-order valence-corrected chi connectivity index (χ4v) is 2.94. The quantitative estimate of drug-likeness (QED) is 0.591. The van der Waals surface area contributed by atoms with E-state index in [1.807, 2.05) is 23.0 Å². The Bertz CT molecular complexity index is 977. The summed E-state index contributed by atoms with van der Waals surface area (Å²) in [5.74, 6) is 0.572. The number of nitrogens with one attached hydrogen (secondary N) is 1. The smallest absolute Gasteiger partial charge is 0.153 e. The lowest BCUT2D eigenvalue weighted by atomic mass is 10.0. The monoisotopic (exact) mass is 291 g/mol. The maximum atomic E-state index is 6.10. The molecule has 0 radical (unpaired) electrons. The van der Waals surface area contributed by atoms with Crippen LogP contribution in [0.2, 0.25) is 0 Å². The van der Waals surface area contributed by atoms with E-state index in [4.69, 9.17) is 5.73 Å². The van der Waals surface area contributed by atoms with Gasteiger partial charge in [-0.25, -0.2) is 0 Å². The molecule has 0 aliphatic carbocycles. The summed E-state index contributed by atoms with van der Waals surface area (Å²) in [6.07, 6.45) is 1.84. The van der Waals surface area contributed by atoms with Gasteiger partial charge in [0.15, 0.2) is 5.82 Å². The topological polar surface area (TPSA) is 72.5 Å². The summed E-state index contributed by atoms with van der Waals surface area (Å²) < 4.78 is 1.96. The number of anilines is 1. The summed E-state index contributed by atoms with van der Waals surface area (Å²) in [7, 11) is 0. The molecule has 5 heteroatoms. The molecule has 2 aromatic heterocycles. The van der Waals surface area contributed by atoms with Crippen molar-refractivity contribution in [3.05, 3.63) is 42.6 Å². The summed E-state index contributed by atoms with van der Waals surface area (Å²) in [5, 5.41) is 13.7. The highest BCUT2D eigenvalue weighted by molar-refractivity contribution is 5.98. The molecule has 0 aliphatic rings. The summed E-state index contributed by atoms with van der Waals surface area (Å²) >= 11 is 0. The third kappa shape index (κ3) is 1.79. The van der Waals surface area contributed by atoms with Crippen molar-refractivity contribution in [3.8, 4) is 11.1 Å². The van der Waals surface area contributed by atoms with Crippen molar-refractivity contribution in [1.29, 1.82) is 0 Å². The second kappa shape index (κ2) is 4.59. The van der Waals surface area contributed by atoms with Crippen LogP contribution in [0.5, 0.6) is 0 Å². The molecule has 0 amide bonds. The van der Waals surface area contributed by atoms with E-state index >= 15 is 0 Å². The Labute approximate surface area is 127 Å². The standard InChI is InChI=1S/C17H17N5/c1-10(2)22-15-7-6-11(8-14(15)17(18)21-22)13-5-3-4-12-9-19-20-16(12)13/h3-10H,1-2H3,(H2,18,21)(H,19,20). The molecule has 4 rings (SSSR count). The number of benzene rings is 2. The number of rotatable bonds is 2. The molecule has 0 fully saturated rings. The Morgan fingerprint density at radius 3 is 2.86 bits per heavy atom. The molecule has 0 saturated heterocycles. The van der Waals surface area contributed by atoms with Crippen LogP contribution in [0.25, 0.3) is 32.9 Å². The summed E-state index contributed by atoms with van der Waals surface area (Å²) in [4.78, 5) is 0. The van der Waals surface area contributed by atoms with Crippen molar-refractivity contribution in [1.82, 2.24) is 20.0 Å². The zero-order chi connectivity index (χ0) is 15.3. The predicted molar refractivity (Wildman–Crippen MR) is 89.6 cm³/mol.